The highest BCUT2D eigenvalue weighted by Crippen LogP contribution is 2.21. The molecule has 4 aromatic heterocycles. The van der Waals surface area contributed by atoms with Gasteiger partial charge in [-0.15, -0.1) is 0 Å². The Morgan fingerprint density at radius 2 is 1.81 bits per heavy atom. The van der Waals surface area contributed by atoms with Gasteiger partial charge < -0.3 is 5.32 Å². The maximum absolute atomic E-state index is 4.59. The second-order valence-corrected chi connectivity index (χ2v) is 5.95. The molecule has 1 N–H and O–H groups in total. The smallest absolute Gasteiger partial charge is 0.157 e. The van der Waals surface area contributed by atoms with E-state index in [9.17, 15) is 0 Å². The van der Waals surface area contributed by atoms with Crippen molar-refractivity contribution in [3.05, 3.63) is 78.6 Å². The third-order valence-corrected chi connectivity index (χ3v) is 4.08. The average Bonchev–Trinajstić information content (AvgIpc) is 3.33. The second kappa shape index (κ2) is 7.28. The summed E-state index contributed by atoms with van der Waals surface area (Å²) in [6.07, 6.45) is 11.0. The molecule has 0 saturated heterocycles. The Morgan fingerprint density at radius 3 is 2.62 bits per heavy atom. The lowest BCUT2D eigenvalue weighted by Crippen LogP contribution is -2.15. The normalized spacial score (nSPS) is 11.0. The molecule has 0 amide bonds. The topological polar surface area (TPSA) is 73.5 Å². The predicted octanol–water partition coefficient (Wildman–Crippen LogP) is 2.35. The summed E-state index contributed by atoms with van der Waals surface area (Å²) < 4.78 is 3.62. The highest BCUT2D eigenvalue weighted by molar-refractivity contribution is 5.61. The molecule has 0 radical (unpaired) electrons. The van der Waals surface area contributed by atoms with E-state index in [0.29, 0.717) is 13.1 Å². The zero-order valence-corrected chi connectivity index (χ0v) is 14.4. The summed E-state index contributed by atoms with van der Waals surface area (Å²) in [6, 6.07) is 9.84. The SMILES string of the molecule is Cn1cc(CNCc2cccnc2-n2cccn2)c(-c2ccncc2)n1. The van der Waals surface area contributed by atoms with Crippen molar-refractivity contribution in [2.45, 2.75) is 13.1 Å². The molecular weight excluding hydrogens is 326 g/mol. The van der Waals surface area contributed by atoms with Gasteiger partial charge in [0.05, 0.1) is 5.69 Å². The van der Waals surface area contributed by atoms with Crippen LogP contribution in [0.4, 0.5) is 0 Å². The zero-order valence-electron chi connectivity index (χ0n) is 14.4. The summed E-state index contributed by atoms with van der Waals surface area (Å²) in [7, 11) is 1.94. The van der Waals surface area contributed by atoms with E-state index in [1.165, 1.54) is 0 Å². The Kier molecular flexibility index (Phi) is 4.53. The van der Waals surface area contributed by atoms with Crippen molar-refractivity contribution in [3.8, 4) is 17.1 Å². The Labute approximate surface area is 151 Å². The number of nitrogens with zero attached hydrogens (tertiary/aromatic N) is 6. The van der Waals surface area contributed by atoms with Crippen LogP contribution in [0.15, 0.2) is 67.5 Å². The van der Waals surface area contributed by atoms with Gasteiger partial charge in [0.2, 0.25) is 0 Å². The molecule has 0 aliphatic rings. The third-order valence-electron chi connectivity index (χ3n) is 4.08. The molecule has 130 valence electrons. The van der Waals surface area contributed by atoms with Gasteiger partial charge in [0.1, 0.15) is 0 Å². The van der Waals surface area contributed by atoms with Crippen LogP contribution in [0.2, 0.25) is 0 Å². The summed E-state index contributed by atoms with van der Waals surface area (Å²) in [6.45, 7) is 1.40. The fraction of sp³-hybridized carbons (Fsp3) is 0.158. The first-order valence-corrected chi connectivity index (χ1v) is 8.39. The molecule has 4 heterocycles. The molecule has 7 heteroatoms. The predicted molar refractivity (Wildman–Crippen MR) is 98.3 cm³/mol. The lowest BCUT2D eigenvalue weighted by Gasteiger charge is -2.09. The van der Waals surface area contributed by atoms with Crippen LogP contribution in [0.1, 0.15) is 11.1 Å². The first-order chi connectivity index (χ1) is 12.8. The molecule has 0 saturated carbocycles. The minimum absolute atomic E-state index is 0.688. The van der Waals surface area contributed by atoms with Gasteiger partial charge in [0.15, 0.2) is 5.82 Å². The van der Waals surface area contributed by atoms with Crippen LogP contribution in [0.3, 0.4) is 0 Å². The largest absolute Gasteiger partial charge is 0.308 e. The van der Waals surface area contributed by atoms with Crippen LogP contribution >= 0.6 is 0 Å². The molecule has 4 aromatic rings. The minimum atomic E-state index is 0.688. The maximum Gasteiger partial charge on any atom is 0.157 e. The van der Waals surface area contributed by atoms with Gasteiger partial charge in [-0.05, 0) is 24.3 Å². The maximum atomic E-state index is 4.59. The molecule has 0 fully saturated rings. The van der Waals surface area contributed by atoms with Crippen LogP contribution in [-0.4, -0.2) is 29.5 Å². The zero-order chi connectivity index (χ0) is 17.8. The fourth-order valence-corrected chi connectivity index (χ4v) is 2.92. The highest BCUT2D eigenvalue weighted by Gasteiger charge is 2.11. The van der Waals surface area contributed by atoms with Gasteiger partial charge in [0, 0.05) is 74.0 Å². The molecule has 4 rings (SSSR count). The van der Waals surface area contributed by atoms with Crippen molar-refractivity contribution in [3.63, 3.8) is 0 Å². The van der Waals surface area contributed by atoms with Crippen molar-refractivity contribution in [1.82, 2.24) is 34.8 Å². The Bertz CT molecular complexity index is 974. The molecule has 0 unspecified atom stereocenters. The molecule has 0 aliphatic carbocycles. The molecule has 26 heavy (non-hydrogen) atoms. The molecular formula is C19H19N7. The Hall–Kier alpha value is -3.32. The van der Waals surface area contributed by atoms with Gasteiger partial charge in [-0.25, -0.2) is 9.67 Å². The van der Waals surface area contributed by atoms with E-state index in [0.717, 1.165) is 28.2 Å². The summed E-state index contributed by atoms with van der Waals surface area (Å²) in [5, 5.41) is 12.4. The average molecular weight is 345 g/mol. The van der Waals surface area contributed by atoms with E-state index < -0.39 is 0 Å². The van der Waals surface area contributed by atoms with Gasteiger partial charge in [-0.2, -0.15) is 10.2 Å². The van der Waals surface area contributed by atoms with Crippen LogP contribution in [0.5, 0.6) is 0 Å². The van der Waals surface area contributed by atoms with E-state index >= 15 is 0 Å². The van der Waals surface area contributed by atoms with Crippen molar-refractivity contribution < 1.29 is 0 Å². The van der Waals surface area contributed by atoms with Gasteiger partial charge >= 0.3 is 0 Å². The van der Waals surface area contributed by atoms with Gasteiger partial charge in [0.25, 0.3) is 0 Å². The highest BCUT2D eigenvalue weighted by atomic mass is 15.3. The van der Waals surface area contributed by atoms with Crippen molar-refractivity contribution >= 4 is 0 Å². The number of nitrogens with one attached hydrogen (secondary N) is 1. The summed E-state index contributed by atoms with van der Waals surface area (Å²) in [5.41, 5.74) is 4.27. The number of aryl methyl sites for hydroxylation is 1. The number of aromatic nitrogens is 6. The molecule has 0 bridgehead atoms. The first kappa shape index (κ1) is 16.2. The summed E-state index contributed by atoms with van der Waals surface area (Å²) >= 11 is 0. The standard InChI is InChI=1S/C19H19N7/c1-25-14-17(18(24-25)15-5-9-20-10-6-15)13-21-12-16-4-2-7-22-19(16)26-11-3-8-23-26/h2-11,14,21H,12-13H2,1H3. The Morgan fingerprint density at radius 1 is 0.962 bits per heavy atom. The molecule has 7 nitrogen and oxygen atoms in total. The fourth-order valence-electron chi connectivity index (χ4n) is 2.92. The molecule has 0 spiro atoms. The second-order valence-electron chi connectivity index (χ2n) is 5.95. The lowest BCUT2D eigenvalue weighted by atomic mass is 10.1. The van der Waals surface area contributed by atoms with E-state index in [1.54, 1.807) is 29.5 Å². The quantitative estimate of drug-likeness (QED) is 0.581. The summed E-state index contributed by atoms with van der Waals surface area (Å²) in [5.74, 6) is 0.838. The lowest BCUT2D eigenvalue weighted by molar-refractivity contribution is 0.680. The minimum Gasteiger partial charge on any atom is -0.308 e. The number of hydrogen-bond acceptors (Lipinski definition) is 5. The monoisotopic (exact) mass is 345 g/mol. The van der Waals surface area contributed by atoms with Crippen LogP contribution in [-0.2, 0) is 20.1 Å². The van der Waals surface area contributed by atoms with E-state index in [2.05, 4.69) is 31.5 Å². The molecule has 0 aromatic carbocycles. The van der Waals surface area contributed by atoms with Crippen molar-refractivity contribution in [2.24, 2.45) is 7.05 Å². The van der Waals surface area contributed by atoms with Crippen LogP contribution < -0.4 is 5.32 Å². The summed E-state index contributed by atoms with van der Waals surface area (Å²) in [4.78, 5) is 8.53. The Balaban J connectivity index is 1.50. The van der Waals surface area contributed by atoms with Gasteiger partial charge in [-0.3, -0.25) is 9.67 Å². The van der Waals surface area contributed by atoms with E-state index in [1.807, 2.05) is 48.4 Å². The van der Waals surface area contributed by atoms with Crippen molar-refractivity contribution in [1.29, 1.82) is 0 Å². The number of hydrogen-bond donors (Lipinski definition) is 1. The van der Waals surface area contributed by atoms with Crippen LogP contribution in [0.25, 0.3) is 17.1 Å². The van der Waals surface area contributed by atoms with Crippen LogP contribution in [0, 0.1) is 0 Å². The molecule has 0 aliphatic heterocycles. The number of rotatable bonds is 6. The van der Waals surface area contributed by atoms with Crippen molar-refractivity contribution in [2.75, 3.05) is 0 Å². The molecule has 0 atom stereocenters. The first-order valence-electron chi connectivity index (χ1n) is 8.39. The van der Waals surface area contributed by atoms with E-state index in [-0.39, 0.29) is 0 Å². The number of pyridine rings is 2. The van der Waals surface area contributed by atoms with E-state index in [4.69, 9.17) is 0 Å². The van der Waals surface area contributed by atoms with Gasteiger partial charge in [-0.1, -0.05) is 6.07 Å². The third kappa shape index (κ3) is 3.38.